The third-order valence-electron chi connectivity index (χ3n) is 2.84. The molecule has 1 rings (SSSR count). The summed E-state index contributed by atoms with van der Waals surface area (Å²) in [6, 6.07) is 8.97. The van der Waals surface area contributed by atoms with E-state index in [1.165, 1.54) is 6.08 Å². The van der Waals surface area contributed by atoms with Crippen molar-refractivity contribution in [3.8, 4) is 0 Å². The van der Waals surface area contributed by atoms with Gasteiger partial charge in [-0.2, -0.15) is 0 Å². The molecule has 4 atom stereocenters. The third kappa shape index (κ3) is 5.74. The van der Waals surface area contributed by atoms with E-state index in [2.05, 4.69) is 0 Å². The van der Waals surface area contributed by atoms with Crippen molar-refractivity contribution in [3.05, 3.63) is 42.0 Å². The Morgan fingerprint density at radius 1 is 1.09 bits per heavy atom. The number of aldehydes is 1. The predicted octanol–water partition coefficient (Wildman–Crippen LogP) is -1.11. The van der Waals surface area contributed by atoms with Gasteiger partial charge in [0.15, 0.2) is 6.29 Å². The topological polar surface area (TPSA) is 124 Å². The van der Waals surface area contributed by atoms with Gasteiger partial charge in [-0.1, -0.05) is 30.3 Å². The highest BCUT2D eigenvalue weighted by atomic mass is 16.5. The fourth-order valence-electron chi connectivity index (χ4n) is 1.55. The number of rotatable bonds is 8. The fraction of sp³-hybridized carbons (Fsp3) is 0.333. The van der Waals surface area contributed by atoms with Gasteiger partial charge >= 0.3 is 5.97 Å². The zero-order valence-corrected chi connectivity index (χ0v) is 11.6. The highest BCUT2D eigenvalue weighted by Crippen LogP contribution is 2.05. The van der Waals surface area contributed by atoms with E-state index in [0.717, 1.165) is 11.6 Å². The maximum atomic E-state index is 11.4. The standard InChI is InChI=1S/C15H18O7/c16-8-11(17)14(20)15(21)12(18)9-22-13(19)7-6-10-4-2-1-3-5-10/h1-8,11-12,14-15,17-18,20-21H,9H2. The number of benzene rings is 1. The van der Waals surface area contributed by atoms with Gasteiger partial charge in [0.05, 0.1) is 0 Å². The van der Waals surface area contributed by atoms with Crippen LogP contribution < -0.4 is 0 Å². The normalized spacial score (nSPS) is 16.7. The average Bonchev–Trinajstić information content (AvgIpc) is 2.56. The molecule has 120 valence electrons. The summed E-state index contributed by atoms with van der Waals surface area (Å²) in [6.45, 7) is -0.595. The van der Waals surface area contributed by atoms with E-state index in [1.807, 2.05) is 6.07 Å². The van der Waals surface area contributed by atoms with Crippen molar-refractivity contribution in [2.75, 3.05) is 6.61 Å². The van der Waals surface area contributed by atoms with Crippen LogP contribution in [-0.4, -0.2) is 63.7 Å². The van der Waals surface area contributed by atoms with Crippen LogP contribution in [0.5, 0.6) is 0 Å². The van der Waals surface area contributed by atoms with Crippen LogP contribution in [0.15, 0.2) is 36.4 Å². The lowest BCUT2D eigenvalue weighted by Crippen LogP contribution is -2.46. The second-order valence-corrected chi connectivity index (χ2v) is 4.55. The van der Waals surface area contributed by atoms with Crippen LogP contribution in [0, 0.1) is 0 Å². The maximum Gasteiger partial charge on any atom is 0.330 e. The fourth-order valence-corrected chi connectivity index (χ4v) is 1.55. The van der Waals surface area contributed by atoms with Gasteiger partial charge in [0, 0.05) is 6.08 Å². The average molecular weight is 310 g/mol. The minimum absolute atomic E-state index is 0.0230. The van der Waals surface area contributed by atoms with E-state index in [1.54, 1.807) is 24.3 Å². The summed E-state index contributed by atoms with van der Waals surface area (Å²) in [6.07, 6.45) is -4.50. The van der Waals surface area contributed by atoms with Gasteiger partial charge in [0.25, 0.3) is 0 Å². The third-order valence-corrected chi connectivity index (χ3v) is 2.84. The van der Waals surface area contributed by atoms with E-state index >= 15 is 0 Å². The van der Waals surface area contributed by atoms with E-state index < -0.39 is 37.0 Å². The summed E-state index contributed by atoms with van der Waals surface area (Å²) >= 11 is 0. The number of esters is 1. The van der Waals surface area contributed by atoms with Crippen molar-refractivity contribution >= 4 is 18.3 Å². The lowest BCUT2D eigenvalue weighted by molar-refractivity contribution is -0.151. The molecular formula is C15H18O7. The van der Waals surface area contributed by atoms with Crippen molar-refractivity contribution in [1.29, 1.82) is 0 Å². The van der Waals surface area contributed by atoms with E-state index in [4.69, 9.17) is 9.84 Å². The van der Waals surface area contributed by atoms with Crippen LogP contribution in [0.4, 0.5) is 0 Å². The Balaban J connectivity index is 2.43. The van der Waals surface area contributed by atoms with Crippen LogP contribution in [0.3, 0.4) is 0 Å². The van der Waals surface area contributed by atoms with Gasteiger partial charge < -0.3 is 30.0 Å². The molecule has 0 aliphatic carbocycles. The lowest BCUT2D eigenvalue weighted by atomic mass is 10.0. The smallest absolute Gasteiger partial charge is 0.330 e. The molecule has 0 aliphatic heterocycles. The number of carbonyl (C=O) groups excluding carboxylic acids is 2. The quantitative estimate of drug-likeness (QED) is 0.272. The maximum absolute atomic E-state index is 11.4. The summed E-state index contributed by atoms with van der Waals surface area (Å²) in [5.74, 6) is -0.750. The molecule has 0 aromatic heterocycles. The Hall–Kier alpha value is -2.06. The second-order valence-electron chi connectivity index (χ2n) is 4.55. The van der Waals surface area contributed by atoms with Gasteiger partial charge in [0.2, 0.25) is 0 Å². The summed E-state index contributed by atoms with van der Waals surface area (Å²) in [4.78, 5) is 21.7. The number of aliphatic hydroxyl groups excluding tert-OH is 4. The highest BCUT2D eigenvalue weighted by molar-refractivity contribution is 5.87. The van der Waals surface area contributed by atoms with Gasteiger partial charge in [-0.15, -0.1) is 0 Å². The first-order valence-electron chi connectivity index (χ1n) is 6.53. The van der Waals surface area contributed by atoms with Crippen molar-refractivity contribution in [2.24, 2.45) is 0 Å². The first-order chi connectivity index (χ1) is 10.5. The molecule has 0 aliphatic rings. The SMILES string of the molecule is O=CC(O)C(O)C(O)C(O)COC(=O)C=Cc1ccccc1. The van der Waals surface area contributed by atoms with Crippen molar-refractivity contribution in [3.63, 3.8) is 0 Å². The van der Waals surface area contributed by atoms with Crippen LogP contribution in [0.1, 0.15) is 5.56 Å². The molecule has 1 aromatic carbocycles. The number of ether oxygens (including phenoxy) is 1. The van der Waals surface area contributed by atoms with Crippen molar-refractivity contribution < 1.29 is 34.8 Å². The molecular weight excluding hydrogens is 292 g/mol. The highest BCUT2D eigenvalue weighted by Gasteiger charge is 2.30. The first-order valence-corrected chi connectivity index (χ1v) is 6.53. The molecule has 4 N–H and O–H groups in total. The van der Waals surface area contributed by atoms with Crippen LogP contribution in [-0.2, 0) is 14.3 Å². The molecule has 0 fully saturated rings. The van der Waals surface area contributed by atoms with Crippen LogP contribution in [0.25, 0.3) is 6.08 Å². The molecule has 0 saturated heterocycles. The van der Waals surface area contributed by atoms with Gasteiger partial charge in [-0.05, 0) is 11.6 Å². The molecule has 0 radical (unpaired) electrons. The molecule has 22 heavy (non-hydrogen) atoms. The molecule has 1 aromatic rings. The van der Waals surface area contributed by atoms with Crippen molar-refractivity contribution in [1.82, 2.24) is 0 Å². The van der Waals surface area contributed by atoms with Gasteiger partial charge in [-0.25, -0.2) is 4.79 Å². The summed E-state index contributed by atoms with van der Waals surface area (Å²) < 4.78 is 4.69. The molecule has 7 heteroatoms. The number of carbonyl (C=O) groups is 2. The van der Waals surface area contributed by atoms with Gasteiger partial charge in [0.1, 0.15) is 31.0 Å². The molecule has 0 saturated carbocycles. The molecule has 0 amide bonds. The Kier molecular flexibility index (Phi) is 7.41. The predicted molar refractivity (Wildman–Crippen MR) is 76.5 cm³/mol. The number of hydrogen-bond donors (Lipinski definition) is 4. The van der Waals surface area contributed by atoms with Gasteiger partial charge in [-0.3, -0.25) is 0 Å². The summed E-state index contributed by atoms with van der Waals surface area (Å²) in [5.41, 5.74) is 0.782. The summed E-state index contributed by atoms with van der Waals surface area (Å²) in [7, 11) is 0. The molecule has 4 unspecified atom stereocenters. The lowest BCUT2D eigenvalue weighted by Gasteiger charge is -2.23. The van der Waals surface area contributed by atoms with E-state index in [-0.39, 0.29) is 6.29 Å². The Labute approximate surface area is 127 Å². The molecule has 0 heterocycles. The minimum atomic E-state index is -1.87. The minimum Gasteiger partial charge on any atom is -0.460 e. The molecule has 0 bridgehead atoms. The monoisotopic (exact) mass is 310 g/mol. The van der Waals surface area contributed by atoms with E-state index in [9.17, 15) is 24.9 Å². The van der Waals surface area contributed by atoms with Crippen LogP contribution in [0.2, 0.25) is 0 Å². The first kappa shape index (κ1) is 18.0. The zero-order chi connectivity index (χ0) is 16.5. The second kappa shape index (κ2) is 9.06. The van der Waals surface area contributed by atoms with Crippen molar-refractivity contribution in [2.45, 2.75) is 24.4 Å². The largest absolute Gasteiger partial charge is 0.460 e. The molecule has 7 nitrogen and oxygen atoms in total. The summed E-state index contributed by atoms with van der Waals surface area (Å²) in [5, 5.41) is 37.4. The van der Waals surface area contributed by atoms with E-state index in [0.29, 0.717) is 0 Å². The molecule has 0 spiro atoms. The van der Waals surface area contributed by atoms with Crippen LogP contribution >= 0.6 is 0 Å². The zero-order valence-electron chi connectivity index (χ0n) is 11.6. The Morgan fingerprint density at radius 3 is 2.32 bits per heavy atom. The number of hydrogen-bond acceptors (Lipinski definition) is 7. The Bertz CT molecular complexity index is 500. The number of aliphatic hydroxyl groups is 4. The Morgan fingerprint density at radius 2 is 1.73 bits per heavy atom.